The molecule has 1 amide bonds. The van der Waals surface area contributed by atoms with Crippen LogP contribution in [0.15, 0.2) is 35.6 Å². The summed E-state index contributed by atoms with van der Waals surface area (Å²) in [7, 11) is 0. The van der Waals surface area contributed by atoms with E-state index in [4.69, 9.17) is 4.74 Å². The fourth-order valence-corrected chi connectivity index (χ4v) is 6.40. The lowest BCUT2D eigenvalue weighted by molar-refractivity contribution is -0.117. The maximum Gasteiger partial charge on any atom is 0.350 e. The number of carbonyl (C=O) groups excluding carboxylic acids is 3. The number of hydrogen-bond donors (Lipinski definition) is 1. The Morgan fingerprint density at radius 1 is 1.00 bits per heavy atom. The smallest absolute Gasteiger partial charge is 0.350 e. The molecule has 0 saturated heterocycles. The van der Waals surface area contributed by atoms with E-state index in [0.29, 0.717) is 26.8 Å². The minimum absolute atomic E-state index is 0.0390. The van der Waals surface area contributed by atoms with Crippen LogP contribution in [0, 0.1) is 20.8 Å². The van der Waals surface area contributed by atoms with Gasteiger partial charge in [0.25, 0.3) is 5.91 Å². The normalized spacial score (nSPS) is 15.4. The molecule has 9 nitrogen and oxygen atoms in total. The molecule has 1 atom stereocenters. The standard InChI is InChI=1S/C27H30N4O5S2/c1-7-30(8-2)18-12-10-17(11-13-18)20-19(21(32)23-14(4)28-16(6)37-23)22(33)25(34)31(20)27-29-15(5)24(38-27)26(35)36-9-3/h10-13,20,33H,7-9H2,1-6H3. The molecule has 0 saturated carbocycles. The number of esters is 1. The molecule has 0 fully saturated rings. The van der Waals surface area contributed by atoms with E-state index in [0.717, 1.165) is 30.1 Å². The quantitative estimate of drug-likeness (QED) is 0.279. The van der Waals surface area contributed by atoms with Gasteiger partial charge in [-0.15, -0.1) is 11.3 Å². The minimum atomic E-state index is -0.942. The SMILES string of the molecule is CCOC(=O)c1sc(N2C(=O)C(O)=C(C(=O)c3sc(C)nc3C)C2c2ccc(N(CC)CC)cc2)nc1C. The number of Topliss-reactive ketones (excluding diaryl/α,β-unsaturated/α-hetero) is 1. The molecule has 0 radical (unpaired) electrons. The van der Waals surface area contributed by atoms with Crippen molar-refractivity contribution in [2.24, 2.45) is 0 Å². The molecule has 0 bridgehead atoms. The summed E-state index contributed by atoms with van der Waals surface area (Å²) in [5.41, 5.74) is 2.53. The van der Waals surface area contributed by atoms with E-state index in [1.165, 1.54) is 16.2 Å². The van der Waals surface area contributed by atoms with Crippen molar-refractivity contribution in [2.45, 2.75) is 47.6 Å². The van der Waals surface area contributed by atoms with Crippen LogP contribution in [-0.2, 0) is 9.53 Å². The maximum absolute atomic E-state index is 13.8. The van der Waals surface area contributed by atoms with Crippen LogP contribution < -0.4 is 9.80 Å². The van der Waals surface area contributed by atoms with Crippen LogP contribution >= 0.6 is 22.7 Å². The number of carbonyl (C=O) groups is 3. The zero-order chi connectivity index (χ0) is 27.7. The molecular weight excluding hydrogens is 524 g/mol. The molecule has 200 valence electrons. The number of ketones is 1. The summed E-state index contributed by atoms with van der Waals surface area (Å²) in [4.78, 5) is 52.7. The number of benzene rings is 1. The van der Waals surface area contributed by atoms with Gasteiger partial charge in [0.15, 0.2) is 10.9 Å². The van der Waals surface area contributed by atoms with Crippen LogP contribution in [0.3, 0.4) is 0 Å². The van der Waals surface area contributed by atoms with Crippen LogP contribution in [0.25, 0.3) is 0 Å². The maximum atomic E-state index is 13.8. The monoisotopic (exact) mass is 554 g/mol. The molecule has 0 aliphatic carbocycles. The molecule has 1 N–H and O–H groups in total. The summed E-state index contributed by atoms with van der Waals surface area (Å²) in [6.45, 7) is 12.9. The van der Waals surface area contributed by atoms with E-state index >= 15 is 0 Å². The molecule has 1 aliphatic rings. The van der Waals surface area contributed by atoms with Crippen LogP contribution in [0.4, 0.5) is 10.8 Å². The van der Waals surface area contributed by atoms with Crippen molar-refractivity contribution in [2.75, 3.05) is 29.5 Å². The van der Waals surface area contributed by atoms with Gasteiger partial charge in [0, 0.05) is 18.8 Å². The van der Waals surface area contributed by atoms with E-state index in [1.54, 1.807) is 27.7 Å². The van der Waals surface area contributed by atoms with Gasteiger partial charge in [-0.1, -0.05) is 23.5 Å². The van der Waals surface area contributed by atoms with Crippen molar-refractivity contribution < 1.29 is 24.2 Å². The van der Waals surface area contributed by atoms with E-state index in [9.17, 15) is 19.5 Å². The summed E-state index contributed by atoms with van der Waals surface area (Å²) in [6.07, 6.45) is 0. The number of hydrogen-bond acceptors (Lipinski definition) is 10. The third kappa shape index (κ3) is 4.83. The summed E-state index contributed by atoms with van der Waals surface area (Å²) < 4.78 is 5.14. The summed E-state index contributed by atoms with van der Waals surface area (Å²) in [6, 6.07) is 6.62. The largest absolute Gasteiger partial charge is 0.503 e. The Balaban J connectivity index is 1.85. The first-order valence-electron chi connectivity index (χ1n) is 12.4. The summed E-state index contributed by atoms with van der Waals surface area (Å²) >= 11 is 2.21. The molecule has 3 heterocycles. The predicted molar refractivity (Wildman–Crippen MR) is 149 cm³/mol. The van der Waals surface area contributed by atoms with E-state index in [-0.39, 0.29) is 22.2 Å². The lowest BCUT2D eigenvalue weighted by Crippen LogP contribution is -2.31. The van der Waals surface area contributed by atoms with Crippen molar-refractivity contribution in [3.63, 3.8) is 0 Å². The van der Waals surface area contributed by atoms with Crippen molar-refractivity contribution in [3.8, 4) is 0 Å². The molecule has 38 heavy (non-hydrogen) atoms. The number of aliphatic hydroxyl groups is 1. The van der Waals surface area contributed by atoms with E-state index in [1.807, 2.05) is 24.3 Å². The molecule has 1 unspecified atom stereocenters. The summed E-state index contributed by atoms with van der Waals surface area (Å²) in [5, 5.41) is 12.0. The van der Waals surface area contributed by atoms with Gasteiger partial charge >= 0.3 is 5.97 Å². The molecule has 2 aromatic heterocycles. The van der Waals surface area contributed by atoms with Gasteiger partial charge in [-0.3, -0.25) is 14.5 Å². The van der Waals surface area contributed by atoms with Crippen molar-refractivity contribution in [3.05, 3.63) is 67.3 Å². The van der Waals surface area contributed by atoms with Gasteiger partial charge in [-0.05, 0) is 59.2 Å². The van der Waals surface area contributed by atoms with Crippen LogP contribution in [0.1, 0.15) is 68.1 Å². The van der Waals surface area contributed by atoms with Gasteiger partial charge in [0.2, 0.25) is 5.78 Å². The Kier molecular flexibility index (Phi) is 7.98. The Morgan fingerprint density at radius 2 is 1.63 bits per heavy atom. The lowest BCUT2D eigenvalue weighted by atomic mass is 9.95. The first-order chi connectivity index (χ1) is 18.1. The molecule has 11 heteroatoms. The first-order valence-corrected chi connectivity index (χ1v) is 14.0. The zero-order valence-corrected chi connectivity index (χ0v) is 23.8. The second kappa shape index (κ2) is 11.0. The Bertz CT molecular complexity index is 1420. The fourth-order valence-electron chi connectivity index (χ4n) is 4.54. The third-order valence-corrected chi connectivity index (χ3v) is 8.56. The number of rotatable bonds is 9. The molecule has 0 spiro atoms. The molecule has 1 aromatic carbocycles. The highest BCUT2D eigenvalue weighted by Gasteiger charge is 2.47. The van der Waals surface area contributed by atoms with E-state index in [2.05, 4.69) is 28.7 Å². The van der Waals surface area contributed by atoms with Gasteiger partial charge < -0.3 is 14.7 Å². The lowest BCUT2D eigenvalue weighted by Gasteiger charge is -2.26. The molecule has 1 aliphatic heterocycles. The molecule has 4 rings (SSSR count). The number of aromatic nitrogens is 2. The Morgan fingerprint density at radius 3 is 2.18 bits per heavy atom. The number of amides is 1. The van der Waals surface area contributed by atoms with Gasteiger partial charge in [0.05, 0.1) is 39.5 Å². The first kappa shape index (κ1) is 27.5. The minimum Gasteiger partial charge on any atom is -0.503 e. The average molecular weight is 555 g/mol. The number of thiazole rings is 2. The van der Waals surface area contributed by atoms with Crippen LogP contribution in [0.5, 0.6) is 0 Å². The highest BCUT2D eigenvalue weighted by atomic mass is 32.1. The van der Waals surface area contributed by atoms with Crippen molar-refractivity contribution in [1.82, 2.24) is 9.97 Å². The highest BCUT2D eigenvalue weighted by molar-refractivity contribution is 7.17. The van der Waals surface area contributed by atoms with Gasteiger partial charge in [0.1, 0.15) is 4.88 Å². The topological polar surface area (TPSA) is 113 Å². The van der Waals surface area contributed by atoms with Crippen LogP contribution in [0.2, 0.25) is 0 Å². The summed E-state index contributed by atoms with van der Waals surface area (Å²) in [5.74, 6) is -2.39. The predicted octanol–water partition coefficient (Wildman–Crippen LogP) is 5.33. The number of nitrogens with zero attached hydrogens (tertiary/aromatic N) is 4. The highest BCUT2D eigenvalue weighted by Crippen LogP contribution is 2.44. The second-order valence-corrected chi connectivity index (χ2v) is 10.9. The Labute approximate surface area is 229 Å². The average Bonchev–Trinajstić information content (AvgIpc) is 3.52. The molecule has 3 aromatic rings. The van der Waals surface area contributed by atoms with Gasteiger partial charge in [-0.2, -0.15) is 0 Å². The fraction of sp³-hybridized carbons (Fsp3) is 0.370. The Hall–Kier alpha value is -3.57. The number of ether oxygens (including phenoxy) is 1. The van der Waals surface area contributed by atoms with E-state index < -0.39 is 29.5 Å². The van der Waals surface area contributed by atoms with Gasteiger partial charge in [-0.25, -0.2) is 14.8 Å². The number of aryl methyl sites for hydroxylation is 3. The zero-order valence-electron chi connectivity index (χ0n) is 22.2. The number of aliphatic hydroxyl groups excluding tert-OH is 1. The molecular formula is C27H30N4O5S2. The number of anilines is 2. The van der Waals surface area contributed by atoms with Crippen LogP contribution in [-0.4, -0.2) is 52.4 Å². The second-order valence-electron chi connectivity index (χ2n) is 8.71. The third-order valence-electron chi connectivity index (χ3n) is 6.35. The van der Waals surface area contributed by atoms with Crippen molar-refractivity contribution >= 4 is 51.2 Å². The van der Waals surface area contributed by atoms with Crippen molar-refractivity contribution in [1.29, 1.82) is 0 Å².